The lowest BCUT2D eigenvalue weighted by atomic mass is 10.0. The molecule has 0 saturated carbocycles. The second kappa shape index (κ2) is 5.91. The van der Waals surface area contributed by atoms with Crippen LogP contribution in [0.2, 0.25) is 0 Å². The van der Waals surface area contributed by atoms with E-state index in [1.54, 1.807) is 0 Å². The Morgan fingerprint density at radius 1 is 0.850 bits per heavy atom. The number of rotatable bonds is 4. The lowest BCUT2D eigenvalue weighted by molar-refractivity contribution is -0.117. The Morgan fingerprint density at radius 2 is 1.50 bits per heavy atom. The summed E-state index contributed by atoms with van der Waals surface area (Å²) in [5.41, 5.74) is 3.73. The van der Waals surface area contributed by atoms with Crippen LogP contribution in [0.4, 0.5) is 5.69 Å². The molecule has 2 aromatic carbocycles. The van der Waals surface area contributed by atoms with Gasteiger partial charge in [-0.3, -0.25) is 4.79 Å². The summed E-state index contributed by atoms with van der Waals surface area (Å²) >= 11 is 0. The standard InChI is InChI=1S/C18H19NO/c20-18-7-4-14-19(18)17-12-10-16(11-13-17)9-8-15-5-2-1-3-6-15/h1-3,5-6,10-13H,4,7-9,14H2. The lowest BCUT2D eigenvalue weighted by Gasteiger charge is -2.15. The van der Waals surface area contributed by atoms with Crippen molar-refractivity contribution in [2.24, 2.45) is 0 Å². The SMILES string of the molecule is O=C1CCCN1c1ccc(CCc2ccccc2)cc1. The zero-order valence-electron chi connectivity index (χ0n) is 11.6. The normalized spacial score (nSPS) is 14.8. The van der Waals surface area contributed by atoms with Crippen LogP contribution in [0.3, 0.4) is 0 Å². The number of benzene rings is 2. The highest BCUT2D eigenvalue weighted by atomic mass is 16.2. The zero-order valence-corrected chi connectivity index (χ0v) is 11.6. The number of amides is 1. The fourth-order valence-corrected chi connectivity index (χ4v) is 2.70. The number of aryl methyl sites for hydroxylation is 2. The molecule has 0 aromatic heterocycles. The van der Waals surface area contributed by atoms with Gasteiger partial charge in [-0.2, -0.15) is 0 Å². The van der Waals surface area contributed by atoms with Crippen LogP contribution in [0.1, 0.15) is 24.0 Å². The van der Waals surface area contributed by atoms with Crippen LogP contribution >= 0.6 is 0 Å². The molecule has 1 amide bonds. The summed E-state index contributed by atoms with van der Waals surface area (Å²) in [6, 6.07) is 19.0. The van der Waals surface area contributed by atoms with Gasteiger partial charge in [-0.15, -0.1) is 0 Å². The molecule has 3 rings (SSSR count). The first-order chi connectivity index (χ1) is 9.83. The first-order valence-electron chi connectivity index (χ1n) is 7.26. The van der Waals surface area contributed by atoms with E-state index < -0.39 is 0 Å². The monoisotopic (exact) mass is 265 g/mol. The molecule has 1 heterocycles. The molecule has 0 radical (unpaired) electrons. The summed E-state index contributed by atoms with van der Waals surface area (Å²) in [7, 11) is 0. The first kappa shape index (κ1) is 12.9. The molecule has 1 fully saturated rings. The number of carbonyl (C=O) groups excluding carboxylic acids is 1. The van der Waals surface area contributed by atoms with Crippen LogP contribution in [0, 0.1) is 0 Å². The average molecular weight is 265 g/mol. The molecule has 1 saturated heterocycles. The minimum absolute atomic E-state index is 0.252. The zero-order chi connectivity index (χ0) is 13.8. The smallest absolute Gasteiger partial charge is 0.227 e. The van der Waals surface area contributed by atoms with E-state index in [4.69, 9.17) is 0 Å². The maximum atomic E-state index is 11.7. The Morgan fingerprint density at radius 3 is 2.10 bits per heavy atom. The fourth-order valence-electron chi connectivity index (χ4n) is 2.70. The second-order valence-electron chi connectivity index (χ2n) is 5.30. The van der Waals surface area contributed by atoms with Crippen molar-refractivity contribution >= 4 is 11.6 Å². The summed E-state index contributed by atoms with van der Waals surface area (Å²) in [6.07, 6.45) is 3.77. The molecule has 2 aromatic rings. The van der Waals surface area contributed by atoms with Gasteiger partial charge in [0.1, 0.15) is 0 Å². The summed E-state index contributed by atoms with van der Waals surface area (Å²) in [5, 5.41) is 0. The average Bonchev–Trinajstić information content (AvgIpc) is 2.93. The van der Waals surface area contributed by atoms with Gasteiger partial charge in [0.25, 0.3) is 0 Å². The molecule has 20 heavy (non-hydrogen) atoms. The maximum Gasteiger partial charge on any atom is 0.227 e. The molecule has 0 unspecified atom stereocenters. The minimum Gasteiger partial charge on any atom is -0.312 e. The van der Waals surface area contributed by atoms with E-state index in [0.717, 1.165) is 31.5 Å². The fraction of sp³-hybridized carbons (Fsp3) is 0.278. The van der Waals surface area contributed by atoms with Crippen molar-refractivity contribution in [1.82, 2.24) is 0 Å². The number of hydrogen-bond donors (Lipinski definition) is 0. The van der Waals surface area contributed by atoms with Crippen LogP contribution < -0.4 is 4.90 Å². The highest BCUT2D eigenvalue weighted by molar-refractivity contribution is 5.95. The van der Waals surface area contributed by atoms with E-state index in [9.17, 15) is 4.79 Å². The van der Waals surface area contributed by atoms with Gasteiger partial charge >= 0.3 is 0 Å². The van der Waals surface area contributed by atoms with Crippen molar-refractivity contribution < 1.29 is 4.79 Å². The maximum absolute atomic E-state index is 11.7. The molecule has 0 aliphatic carbocycles. The van der Waals surface area contributed by atoms with Gasteiger partial charge in [0.2, 0.25) is 5.91 Å². The van der Waals surface area contributed by atoms with Crippen LogP contribution in [0.25, 0.3) is 0 Å². The summed E-state index contributed by atoms with van der Waals surface area (Å²) in [6.45, 7) is 0.863. The third-order valence-electron chi connectivity index (χ3n) is 3.87. The Hall–Kier alpha value is -2.09. The van der Waals surface area contributed by atoms with Crippen LogP contribution in [0.5, 0.6) is 0 Å². The predicted molar refractivity (Wildman–Crippen MR) is 81.9 cm³/mol. The predicted octanol–water partition coefficient (Wildman–Crippen LogP) is 3.60. The lowest BCUT2D eigenvalue weighted by Crippen LogP contribution is -2.23. The van der Waals surface area contributed by atoms with Gasteiger partial charge in [-0.25, -0.2) is 0 Å². The van der Waals surface area contributed by atoms with E-state index in [-0.39, 0.29) is 5.91 Å². The molecule has 0 N–H and O–H groups in total. The van der Waals surface area contributed by atoms with Gasteiger partial charge in [-0.1, -0.05) is 42.5 Å². The van der Waals surface area contributed by atoms with Gasteiger partial charge < -0.3 is 4.90 Å². The molecule has 2 heteroatoms. The van der Waals surface area contributed by atoms with Crippen LogP contribution in [-0.4, -0.2) is 12.5 Å². The number of carbonyl (C=O) groups is 1. The van der Waals surface area contributed by atoms with Crippen molar-refractivity contribution in [3.05, 3.63) is 65.7 Å². The van der Waals surface area contributed by atoms with Gasteiger partial charge in [0.15, 0.2) is 0 Å². The number of anilines is 1. The third-order valence-corrected chi connectivity index (χ3v) is 3.87. The Kier molecular flexibility index (Phi) is 3.82. The van der Waals surface area contributed by atoms with Crippen LogP contribution in [0.15, 0.2) is 54.6 Å². The highest BCUT2D eigenvalue weighted by Crippen LogP contribution is 2.22. The van der Waals surface area contributed by atoms with Gasteiger partial charge in [0.05, 0.1) is 0 Å². The summed E-state index contributed by atoms with van der Waals surface area (Å²) in [5.74, 6) is 0.252. The quantitative estimate of drug-likeness (QED) is 0.827. The van der Waals surface area contributed by atoms with Crippen molar-refractivity contribution in [1.29, 1.82) is 0 Å². The molecular weight excluding hydrogens is 246 g/mol. The van der Waals surface area contributed by atoms with E-state index in [1.165, 1.54) is 11.1 Å². The molecule has 2 nitrogen and oxygen atoms in total. The third kappa shape index (κ3) is 2.90. The van der Waals surface area contributed by atoms with E-state index >= 15 is 0 Å². The molecule has 0 spiro atoms. The molecule has 0 bridgehead atoms. The first-order valence-corrected chi connectivity index (χ1v) is 7.26. The van der Waals surface area contributed by atoms with Gasteiger partial charge in [0, 0.05) is 18.7 Å². The molecule has 102 valence electrons. The molecular formula is C18H19NO. The second-order valence-corrected chi connectivity index (χ2v) is 5.30. The van der Waals surface area contributed by atoms with Crippen molar-refractivity contribution in [2.75, 3.05) is 11.4 Å². The van der Waals surface area contributed by atoms with Crippen molar-refractivity contribution in [3.63, 3.8) is 0 Å². The topological polar surface area (TPSA) is 20.3 Å². The van der Waals surface area contributed by atoms with E-state index in [2.05, 4.69) is 48.5 Å². The molecule has 1 aliphatic rings. The van der Waals surface area contributed by atoms with Gasteiger partial charge in [-0.05, 0) is 42.5 Å². The number of hydrogen-bond acceptors (Lipinski definition) is 1. The van der Waals surface area contributed by atoms with E-state index in [1.807, 2.05) is 11.0 Å². The summed E-state index contributed by atoms with van der Waals surface area (Å²) in [4.78, 5) is 13.6. The highest BCUT2D eigenvalue weighted by Gasteiger charge is 2.21. The largest absolute Gasteiger partial charge is 0.312 e. The minimum atomic E-state index is 0.252. The molecule has 0 atom stereocenters. The Bertz CT molecular complexity index is 574. The van der Waals surface area contributed by atoms with Crippen molar-refractivity contribution in [2.45, 2.75) is 25.7 Å². The Labute approximate surface area is 120 Å². The van der Waals surface area contributed by atoms with Crippen LogP contribution in [-0.2, 0) is 17.6 Å². The Balaban J connectivity index is 1.63. The molecule has 1 aliphatic heterocycles. The van der Waals surface area contributed by atoms with Crippen molar-refractivity contribution in [3.8, 4) is 0 Å². The number of nitrogens with zero attached hydrogens (tertiary/aromatic N) is 1. The summed E-state index contributed by atoms with van der Waals surface area (Å²) < 4.78 is 0. The van der Waals surface area contributed by atoms with E-state index in [0.29, 0.717) is 6.42 Å².